The molecule has 1 saturated heterocycles. The highest BCUT2D eigenvalue weighted by Gasteiger charge is 2.28. The number of aryl methyl sites for hydroxylation is 2. The van der Waals surface area contributed by atoms with E-state index in [-0.39, 0.29) is 17.6 Å². The van der Waals surface area contributed by atoms with E-state index >= 15 is 0 Å². The summed E-state index contributed by atoms with van der Waals surface area (Å²) in [6.07, 6.45) is 1.82. The van der Waals surface area contributed by atoms with Crippen LogP contribution < -0.4 is 10.2 Å². The number of hydrogen-bond donors (Lipinski definition) is 1. The Morgan fingerprint density at radius 3 is 2.67 bits per heavy atom. The number of anilines is 1. The molecule has 1 aliphatic heterocycles. The third kappa shape index (κ3) is 4.48. The first-order chi connectivity index (χ1) is 16.0. The lowest BCUT2D eigenvalue weighted by molar-refractivity contribution is -0.125. The monoisotopic (exact) mass is 463 g/mol. The average Bonchev–Trinajstić information content (AvgIpc) is 3.40. The zero-order valence-corrected chi connectivity index (χ0v) is 19.5. The van der Waals surface area contributed by atoms with Crippen molar-refractivity contribution in [2.24, 2.45) is 5.92 Å². The molecule has 0 spiro atoms. The van der Waals surface area contributed by atoms with E-state index in [1.54, 1.807) is 28.2 Å². The zero-order chi connectivity index (χ0) is 22.9. The number of halogens is 1. The van der Waals surface area contributed by atoms with Crippen molar-refractivity contribution in [3.05, 3.63) is 71.2 Å². The molecule has 1 amide bonds. The Kier molecular flexibility index (Phi) is 5.85. The van der Waals surface area contributed by atoms with Crippen molar-refractivity contribution in [1.29, 1.82) is 0 Å². The fourth-order valence-electron chi connectivity index (χ4n) is 4.23. The second-order valence-electron chi connectivity index (χ2n) is 8.61. The van der Waals surface area contributed by atoms with E-state index in [1.165, 1.54) is 17.7 Å². The molecule has 3 heterocycles. The minimum absolute atomic E-state index is 0.0640. The van der Waals surface area contributed by atoms with Crippen LogP contribution in [0.15, 0.2) is 48.5 Å². The number of hydrogen-bond acceptors (Lipinski definition) is 5. The Labute approximate surface area is 196 Å². The number of thiazole rings is 1. The molecule has 1 atom stereocenters. The summed E-state index contributed by atoms with van der Waals surface area (Å²) in [6, 6.07) is 14.5. The fourth-order valence-corrected chi connectivity index (χ4v) is 5.25. The highest BCUT2D eigenvalue weighted by Crippen LogP contribution is 2.34. The van der Waals surface area contributed by atoms with Crippen LogP contribution in [0.4, 0.5) is 9.52 Å². The summed E-state index contributed by atoms with van der Waals surface area (Å²) in [7, 11) is 0. The largest absolute Gasteiger partial charge is 0.352 e. The van der Waals surface area contributed by atoms with E-state index in [0.29, 0.717) is 13.1 Å². The van der Waals surface area contributed by atoms with Gasteiger partial charge in [0.05, 0.1) is 22.0 Å². The number of benzene rings is 2. The predicted molar refractivity (Wildman–Crippen MR) is 129 cm³/mol. The van der Waals surface area contributed by atoms with Crippen molar-refractivity contribution in [2.45, 2.75) is 33.2 Å². The Bertz CT molecular complexity index is 1280. The molecular weight excluding hydrogens is 437 g/mol. The summed E-state index contributed by atoms with van der Waals surface area (Å²) in [5.74, 6) is -0.251. The van der Waals surface area contributed by atoms with Crippen molar-refractivity contribution >= 4 is 32.7 Å². The maximum atomic E-state index is 13.4. The molecule has 5 rings (SSSR count). The molecule has 4 aromatic rings. The first kappa shape index (κ1) is 21.6. The normalized spacial score (nSPS) is 16.3. The highest BCUT2D eigenvalue weighted by molar-refractivity contribution is 7.22. The Morgan fingerprint density at radius 1 is 1.15 bits per heavy atom. The van der Waals surface area contributed by atoms with Gasteiger partial charge in [-0.15, -0.1) is 0 Å². The number of nitrogens with zero attached hydrogens (tertiary/aromatic N) is 4. The molecule has 0 unspecified atom stereocenters. The topological polar surface area (TPSA) is 63.1 Å². The molecule has 33 heavy (non-hydrogen) atoms. The molecule has 170 valence electrons. The second-order valence-corrected chi connectivity index (χ2v) is 9.59. The summed E-state index contributed by atoms with van der Waals surface area (Å²) in [4.78, 5) is 19.9. The number of fused-ring (bicyclic) bond motifs is 1. The first-order valence-corrected chi connectivity index (χ1v) is 12.0. The number of carbonyl (C=O) groups excluding carboxylic acids is 1. The van der Waals surface area contributed by atoms with E-state index in [2.05, 4.69) is 46.5 Å². The van der Waals surface area contributed by atoms with Gasteiger partial charge in [-0.1, -0.05) is 41.2 Å². The van der Waals surface area contributed by atoms with Crippen LogP contribution in [0.2, 0.25) is 0 Å². The summed E-state index contributed by atoms with van der Waals surface area (Å²) in [5.41, 5.74) is 4.75. The Hall–Kier alpha value is -3.26. The van der Waals surface area contributed by atoms with Crippen molar-refractivity contribution in [3.63, 3.8) is 0 Å². The van der Waals surface area contributed by atoms with E-state index in [0.717, 1.165) is 51.8 Å². The Morgan fingerprint density at radius 2 is 1.91 bits per heavy atom. The summed E-state index contributed by atoms with van der Waals surface area (Å²) in [5, 5.41) is 8.60. The molecular formula is C25H26FN5OS. The van der Waals surface area contributed by atoms with Gasteiger partial charge in [-0.25, -0.2) is 9.07 Å². The van der Waals surface area contributed by atoms with Gasteiger partial charge < -0.3 is 10.2 Å². The van der Waals surface area contributed by atoms with Crippen LogP contribution in [0.3, 0.4) is 0 Å². The van der Waals surface area contributed by atoms with Crippen molar-refractivity contribution < 1.29 is 9.18 Å². The van der Waals surface area contributed by atoms with Crippen molar-refractivity contribution in [1.82, 2.24) is 20.1 Å². The molecule has 0 saturated carbocycles. The standard InChI is InChI=1S/C25H26FN5OS/c1-16-5-7-18(8-6-16)14-27-24(32)19-4-3-13-30(15-19)25-28-23-22(33-25)17(2)29-31(23)21-11-9-20(26)10-12-21/h5-12,19H,3-4,13-15H2,1-2H3,(H,27,32)/t19-/m0/s1. The van der Waals surface area contributed by atoms with Gasteiger partial charge in [-0.3, -0.25) is 4.79 Å². The SMILES string of the molecule is Cc1ccc(CNC(=O)[C@H]2CCCN(c3nc4c(s3)c(C)nn4-c3ccc(F)cc3)C2)cc1. The van der Waals surface area contributed by atoms with Crippen molar-refractivity contribution in [2.75, 3.05) is 18.0 Å². The second kappa shape index (κ2) is 8.94. The van der Waals surface area contributed by atoms with Gasteiger partial charge in [0.1, 0.15) is 5.82 Å². The molecule has 1 aliphatic rings. The van der Waals surface area contributed by atoms with Gasteiger partial charge in [0.25, 0.3) is 0 Å². The highest BCUT2D eigenvalue weighted by atomic mass is 32.1. The molecule has 0 radical (unpaired) electrons. The molecule has 0 bridgehead atoms. The van der Waals surface area contributed by atoms with Gasteiger partial charge in [0, 0.05) is 19.6 Å². The van der Waals surface area contributed by atoms with Gasteiger partial charge in [-0.05, 0) is 56.5 Å². The number of aromatic nitrogens is 3. The smallest absolute Gasteiger partial charge is 0.225 e. The van der Waals surface area contributed by atoms with E-state index in [1.807, 2.05) is 6.92 Å². The van der Waals surface area contributed by atoms with Crippen LogP contribution in [0, 0.1) is 25.6 Å². The molecule has 0 aliphatic carbocycles. The third-order valence-corrected chi connectivity index (χ3v) is 7.31. The minimum Gasteiger partial charge on any atom is -0.352 e. The summed E-state index contributed by atoms with van der Waals surface area (Å²) in [6.45, 7) is 6.09. The first-order valence-electron chi connectivity index (χ1n) is 11.2. The average molecular weight is 464 g/mol. The lowest BCUT2D eigenvalue weighted by Crippen LogP contribution is -2.43. The molecule has 1 fully saturated rings. The van der Waals surface area contributed by atoms with Crippen LogP contribution in [-0.4, -0.2) is 33.8 Å². The molecule has 2 aromatic carbocycles. The van der Waals surface area contributed by atoms with Gasteiger partial charge >= 0.3 is 0 Å². The van der Waals surface area contributed by atoms with Crippen LogP contribution >= 0.6 is 11.3 Å². The summed E-state index contributed by atoms with van der Waals surface area (Å²) >= 11 is 1.60. The van der Waals surface area contributed by atoms with E-state index in [4.69, 9.17) is 4.98 Å². The minimum atomic E-state index is -0.280. The lowest BCUT2D eigenvalue weighted by atomic mass is 9.97. The van der Waals surface area contributed by atoms with Gasteiger partial charge in [0.2, 0.25) is 5.91 Å². The van der Waals surface area contributed by atoms with E-state index in [9.17, 15) is 9.18 Å². The van der Waals surface area contributed by atoms with Crippen LogP contribution in [0.1, 0.15) is 29.7 Å². The fraction of sp³-hybridized carbons (Fsp3) is 0.320. The van der Waals surface area contributed by atoms with Gasteiger partial charge in [0.15, 0.2) is 10.8 Å². The lowest BCUT2D eigenvalue weighted by Gasteiger charge is -2.31. The van der Waals surface area contributed by atoms with Gasteiger partial charge in [-0.2, -0.15) is 10.1 Å². The number of rotatable bonds is 5. The quantitative estimate of drug-likeness (QED) is 0.463. The molecule has 2 aromatic heterocycles. The predicted octanol–water partition coefficient (Wildman–Crippen LogP) is 4.77. The Balaban J connectivity index is 1.31. The maximum Gasteiger partial charge on any atom is 0.225 e. The third-order valence-electron chi connectivity index (χ3n) is 6.10. The molecule has 8 heteroatoms. The summed E-state index contributed by atoms with van der Waals surface area (Å²) < 4.78 is 16.1. The van der Waals surface area contributed by atoms with Crippen LogP contribution in [-0.2, 0) is 11.3 Å². The van der Waals surface area contributed by atoms with Crippen molar-refractivity contribution in [3.8, 4) is 5.69 Å². The number of nitrogens with one attached hydrogen (secondary N) is 1. The number of carbonyl (C=O) groups is 1. The maximum absolute atomic E-state index is 13.4. The molecule has 6 nitrogen and oxygen atoms in total. The van der Waals surface area contributed by atoms with E-state index < -0.39 is 0 Å². The van der Waals surface area contributed by atoms with Crippen LogP contribution in [0.25, 0.3) is 16.0 Å². The number of amides is 1. The zero-order valence-electron chi connectivity index (χ0n) is 18.7. The molecule has 1 N–H and O–H groups in total. The van der Waals surface area contributed by atoms with Crippen LogP contribution in [0.5, 0.6) is 0 Å². The number of piperidine rings is 1.